The number of hydrogen-bond donors (Lipinski definition) is 1. The van der Waals surface area contributed by atoms with Gasteiger partial charge < -0.3 is 10.1 Å². The Hall–Kier alpha value is -0.440. The molecule has 1 aliphatic carbocycles. The van der Waals surface area contributed by atoms with Crippen LogP contribution in [0.3, 0.4) is 0 Å². The Balaban J connectivity index is 2.03. The number of rotatable bonds is 7. The summed E-state index contributed by atoms with van der Waals surface area (Å²) in [6, 6.07) is 3.70. The predicted molar refractivity (Wildman–Crippen MR) is 85.9 cm³/mol. The maximum atomic E-state index is 6.30. The molecule has 20 heavy (non-hydrogen) atoms. The smallest absolute Gasteiger partial charge is 0.142 e. The molecule has 4 heteroatoms. The first-order chi connectivity index (χ1) is 9.70. The summed E-state index contributed by atoms with van der Waals surface area (Å²) in [4.78, 5) is 0. The van der Waals surface area contributed by atoms with Gasteiger partial charge in [0.1, 0.15) is 5.75 Å². The first kappa shape index (κ1) is 15.9. The highest BCUT2D eigenvalue weighted by molar-refractivity contribution is 6.35. The quantitative estimate of drug-likeness (QED) is 0.710. The van der Waals surface area contributed by atoms with Crippen molar-refractivity contribution in [2.45, 2.75) is 45.6 Å². The summed E-state index contributed by atoms with van der Waals surface area (Å²) < 4.78 is 6.01. The second-order valence-corrected chi connectivity index (χ2v) is 6.36. The molecule has 2 nitrogen and oxygen atoms in total. The molecule has 0 atom stereocenters. The van der Waals surface area contributed by atoms with Gasteiger partial charge in [0.2, 0.25) is 0 Å². The topological polar surface area (TPSA) is 21.3 Å². The standard InChI is InChI=1S/C16H23Cl2NO/c1-2-7-19-10-13-8-14(17)9-15(18)16(13)20-11-12-5-3-4-6-12/h8-9,12,19H,2-7,10-11H2,1H3. The van der Waals surface area contributed by atoms with E-state index >= 15 is 0 Å². The van der Waals surface area contributed by atoms with Crippen LogP contribution in [-0.4, -0.2) is 13.2 Å². The van der Waals surface area contributed by atoms with Crippen LogP contribution in [0, 0.1) is 5.92 Å². The van der Waals surface area contributed by atoms with E-state index in [2.05, 4.69) is 12.2 Å². The number of halogens is 2. The lowest BCUT2D eigenvalue weighted by molar-refractivity contribution is 0.249. The Morgan fingerprint density at radius 3 is 2.70 bits per heavy atom. The van der Waals surface area contributed by atoms with Crippen molar-refractivity contribution >= 4 is 23.2 Å². The van der Waals surface area contributed by atoms with Crippen molar-refractivity contribution in [3.63, 3.8) is 0 Å². The van der Waals surface area contributed by atoms with E-state index in [1.807, 2.05) is 6.07 Å². The summed E-state index contributed by atoms with van der Waals surface area (Å²) in [6.07, 6.45) is 6.30. The third kappa shape index (κ3) is 4.54. The van der Waals surface area contributed by atoms with Crippen LogP contribution in [-0.2, 0) is 6.54 Å². The number of nitrogens with one attached hydrogen (secondary N) is 1. The highest BCUT2D eigenvalue weighted by Gasteiger charge is 2.17. The molecule has 1 aromatic rings. The fraction of sp³-hybridized carbons (Fsp3) is 0.625. The first-order valence-corrected chi connectivity index (χ1v) is 8.27. The molecular weight excluding hydrogens is 293 g/mol. The van der Waals surface area contributed by atoms with E-state index in [1.165, 1.54) is 25.7 Å². The second kappa shape index (κ2) is 8.11. The molecule has 2 rings (SSSR count). The minimum absolute atomic E-state index is 0.615. The van der Waals surface area contributed by atoms with Gasteiger partial charge in [-0.15, -0.1) is 0 Å². The molecule has 0 heterocycles. The summed E-state index contributed by atoms with van der Waals surface area (Å²) in [5.74, 6) is 1.48. The van der Waals surface area contributed by atoms with Gasteiger partial charge in [-0.1, -0.05) is 43.0 Å². The summed E-state index contributed by atoms with van der Waals surface area (Å²) in [5.41, 5.74) is 1.05. The van der Waals surface area contributed by atoms with E-state index in [1.54, 1.807) is 6.07 Å². The number of hydrogen-bond acceptors (Lipinski definition) is 2. The van der Waals surface area contributed by atoms with Gasteiger partial charge in [0.05, 0.1) is 11.6 Å². The minimum atomic E-state index is 0.615. The molecule has 0 bridgehead atoms. The van der Waals surface area contributed by atoms with Crippen LogP contribution in [0.5, 0.6) is 5.75 Å². The second-order valence-electron chi connectivity index (χ2n) is 5.51. The summed E-state index contributed by atoms with van der Waals surface area (Å²) in [7, 11) is 0. The fourth-order valence-corrected chi connectivity index (χ4v) is 3.27. The zero-order valence-electron chi connectivity index (χ0n) is 12.1. The Labute approximate surface area is 131 Å². The van der Waals surface area contributed by atoms with Crippen molar-refractivity contribution < 1.29 is 4.74 Å². The molecule has 0 unspecified atom stereocenters. The van der Waals surface area contributed by atoms with Crippen molar-refractivity contribution in [1.82, 2.24) is 5.32 Å². The van der Waals surface area contributed by atoms with Crippen LogP contribution in [0.25, 0.3) is 0 Å². The SMILES string of the molecule is CCCNCc1cc(Cl)cc(Cl)c1OCC1CCCC1. The highest BCUT2D eigenvalue weighted by Crippen LogP contribution is 2.34. The lowest BCUT2D eigenvalue weighted by Crippen LogP contribution is -2.16. The van der Waals surface area contributed by atoms with Crippen molar-refractivity contribution in [1.29, 1.82) is 0 Å². The van der Waals surface area contributed by atoms with Gasteiger partial charge in [0, 0.05) is 17.1 Å². The zero-order valence-corrected chi connectivity index (χ0v) is 13.6. The highest BCUT2D eigenvalue weighted by atomic mass is 35.5. The molecule has 0 amide bonds. The van der Waals surface area contributed by atoms with E-state index in [-0.39, 0.29) is 0 Å². The van der Waals surface area contributed by atoms with E-state index < -0.39 is 0 Å². The van der Waals surface area contributed by atoms with E-state index in [9.17, 15) is 0 Å². The van der Waals surface area contributed by atoms with Crippen molar-refractivity contribution in [3.8, 4) is 5.75 Å². The van der Waals surface area contributed by atoms with Crippen LogP contribution in [0.15, 0.2) is 12.1 Å². The molecular formula is C16H23Cl2NO. The normalized spacial score (nSPS) is 15.8. The average Bonchev–Trinajstić information content (AvgIpc) is 2.91. The van der Waals surface area contributed by atoms with Crippen LogP contribution in [0.2, 0.25) is 10.0 Å². The van der Waals surface area contributed by atoms with E-state index in [4.69, 9.17) is 27.9 Å². The molecule has 1 aromatic carbocycles. The summed E-state index contributed by atoms with van der Waals surface area (Å²) >= 11 is 12.4. The monoisotopic (exact) mass is 315 g/mol. The summed E-state index contributed by atoms with van der Waals surface area (Å²) in [5, 5.41) is 4.65. The molecule has 1 fully saturated rings. The van der Waals surface area contributed by atoms with Gasteiger partial charge in [0.15, 0.2) is 0 Å². The van der Waals surface area contributed by atoms with Gasteiger partial charge in [-0.3, -0.25) is 0 Å². The fourth-order valence-electron chi connectivity index (χ4n) is 2.68. The molecule has 0 aromatic heterocycles. The third-order valence-corrected chi connectivity index (χ3v) is 4.26. The zero-order chi connectivity index (χ0) is 14.4. The maximum absolute atomic E-state index is 6.30. The Morgan fingerprint density at radius 2 is 2.00 bits per heavy atom. The maximum Gasteiger partial charge on any atom is 0.142 e. The Bertz CT molecular complexity index is 431. The van der Waals surface area contributed by atoms with Crippen molar-refractivity contribution in [2.75, 3.05) is 13.2 Å². The van der Waals surface area contributed by atoms with Crippen LogP contribution >= 0.6 is 23.2 Å². The van der Waals surface area contributed by atoms with Crippen LogP contribution < -0.4 is 10.1 Å². The molecule has 0 spiro atoms. The first-order valence-electron chi connectivity index (χ1n) is 7.52. The molecule has 1 N–H and O–H groups in total. The lowest BCUT2D eigenvalue weighted by Gasteiger charge is -2.17. The summed E-state index contributed by atoms with van der Waals surface area (Å²) in [6.45, 7) is 4.64. The van der Waals surface area contributed by atoms with Crippen molar-refractivity contribution in [3.05, 3.63) is 27.7 Å². The molecule has 112 valence electrons. The molecule has 1 aliphatic rings. The minimum Gasteiger partial charge on any atom is -0.491 e. The van der Waals surface area contributed by atoms with Gasteiger partial charge in [-0.2, -0.15) is 0 Å². The van der Waals surface area contributed by atoms with Gasteiger partial charge in [-0.25, -0.2) is 0 Å². The van der Waals surface area contributed by atoms with Crippen LogP contribution in [0.4, 0.5) is 0 Å². The van der Waals surface area contributed by atoms with Gasteiger partial charge in [-0.05, 0) is 43.9 Å². The van der Waals surface area contributed by atoms with E-state index in [0.717, 1.165) is 37.4 Å². The van der Waals surface area contributed by atoms with Gasteiger partial charge >= 0.3 is 0 Å². The lowest BCUT2D eigenvalue weighted by atomic mass is 10.1. The predicted octanol–water partition coefficient (Wildman–Crippen LogP) is 5.06. The Morgan fingerprint density at radius 1 is 1.25 bits per heavy atom. The number of ether oxygens (including phenoxy) is 1. The van der Waals surface area contributed by atoms with E-state index in [0.29, 0.717) is 16.0 Å². The van der Waals surface area contributed by atoms with Crippen molar-refractivity contribution in [2.24, 2.45) is 5.92 Å². The number of benzene rings is 1. The average molecular weight is 316 g/mol. The molecule has 0 radical (unpaired) electrons. The third-order valence-electron chi connectivity index (χ3n) is 3.77. The molecule has 0 saturated heterocycles. The molecule has 1 saturated carbocycles. The van der Waals surface area contributed by atoms with Gasteiger partial charge in [0.25, 0.3) is 0 Å². The van der Waals surface area contributed by atoms with Crippen LogP contribution in [0.1, 0.15) is 44.6 Å². The Kier molecular flexibility index (Phi) is 6.47. The molecule has 0 aliphatic heterocycles. The largest absolute Gasteiger partial charge is 0.491 e.